The molecule has 2 heteroatoms. The van der Waals surface area contributed by atoms with Crippen LogP contribution in [0.15, 0.2) is 0 Å². The van der Waals surface area contributed by atoms with Crippen LogP contribution in [0, 0.1) is 11.8 Å². The quantitative estimate of drug-likeness (QED) is 0.780. The molecular weight excluding hydrogens is 220 g/mol. The second kappa shape index (κ2) is 7.49. The van der Waals surface area contributed by atoms with E-state index in [1.54, 1.807) is 0 Å². The van der Waals surface area contributed by atoms with E-state index >= 15 is 0 Å². The van der Waals surface area contributed by atoms with Gasteiger partial charge in [0.25, 0.3) is 0 Å². The SMILES string of the molecule is CCCNC1CCCCC1CN1CCC(CC)C1. The molecule has 1 saturated heterocycles. The highest BCUT2D eigenvalue weighted by molar-refractivity contribution is 4.85. The number of rotatable bonds is 6. The molecule has 2 nitrogen and oxygen atoms in total. The molecule has 1 saturated carbocycles. The Morgan fingerprint density at radius 2 is 1.94 bits per heavy atom. The summed E-state index contributed by atoms with van der Waals surface area (Å²) in [5, 5.41) is 3.79. The Labute approximate surface area is 114 Å². The molecule has 18 heavy (non-hydrogen) atoms. The molecule has 0 radical (unpaired) electrons. The summed E-state index contributed by atoms with van der Waals surface area (Å²) < 4.78 is 0. The second-order valence-corrected chi connectivity index (χ2v) is 6.43. The summed E-state index contributed by atoms with van der Waals surface area (Å²) in [5.74, 6) is 1.90. The van der Waals surface area contributed by atoms with Gasteiger partial charge in [-0.15, -0.1) is 0 Å². The number of nitrogens with zero attached hydrogens (tertiary/aromatic N) is 1. The molecule has 0 amide bonds. The summed E-state index contributed by atoms with van der Waals surface area (Å²) >= 11 is 0. The van der Waals surface area contributed by atoms with Crippen molar-refractivity contribution in [1.29, 1.82) is 0 Å². The highest BCUT2D eigenvalue weighted by Gasteiger charge is 2.29. The fraction of sp³-hybridized carbons (Fsp3) is 1.00. The maximum absolute atomic E-state index is 3.79. The monoisotopic (exact) mass is 252 g/mol. The molecule has 1 aliphatic heterocycles. The van der Waals surface area contributed by atoms with Crippen LogP contribution in [0.4, 0.5) is 0 Å². The molecule has 1 heterocycles. The lowest BCUT2D eigenvalue weighted by molar-refractivity contribution is 0.185. The van der Waals surface area contributed by atoms with Crippen molar-refractivity contribution in [3.8, 4) is 0 Å². The molecule has 0 aromatic heterocycles. The van der Waals surface area contributed by atoms with Gasteiger partial charge in [0.1, 0.15) is 0 Å². The van der Waals surface area contributed by atoms with Crippen LogP contribution >= 0.6 is 0 Å². The average Bonchev–Trinajstić information content (AvgIpc) is 2.85. The van der Waals surface area contributed by atoms with E-state index in [-0.39, 0.29) is 0 Å². The average molecular weight is 252 g/mol. The number of hydrogen-bond donors (Lipinski definition) is 1. The number of nitrogens with one attached hydrogen (secondary N) is 1. The highest BCUT2D eigenvalue weighted by atomic mass is 15.2. The minimum Gasteiger partial charge on any atom is -0.314 e. The van der Waals surface area contributed by atoms with Crippen LogP contribution in [-0.2, 0) is 0 Å². The van der Waals surface area contributed by atoms with Gasteiger partial charge in [-0.1, -0.05) is 33.1 Å². The van der Waals surface area contributed by atoms with Crippen LogP contribution in [-0.4, -0.2) is 37.1 Å². The molecule has 3 atom stereocenters. The van der Waals surface area contributed by atoms with Crippen LogP contribution < -0.4 is 5.32 Å². The molecule has 2 rings (SSSR count). The fourth-order valence-corrected chi connectivity index (χ4v) is 3.77. The minimum atomic E-state index is 0.805. The zero-order valence-electron chi connectivity index (χ0n) is 12.5. The molecule has 2 fully saturated rings. The fourth-order valence-electron chi connectivity index (χ4n) is 3.77. The molecule has 3 unspecified atom stereocenters. The molecular formula is C16H32N2. The van der Waals surface area contributed by atoms with Crippen molar-refractivity contribution in [3.05, 3.63) is 0 Å². The summed E-state index contributed by atoms with van der Waals surface area (Å²) in [6.07, 6.45) is 9.85. The summed E-state index contributed by atoms with van der Waals surface area (Å²) in [7, 11) is 0. The molecule has 106 valence electrons. The van der Waals surface area contributed by atoms with Crippen LogP contribution in [0.25, 0.3) is 0 Å². The summed E-state index contributed by atoms with van der Waals surface area (Å²) in [5.41, 5.74) is 0. The van der Waals surface area contributed by atoms with Crippen LogP contribution in [0.2, 0.25) is 0 Å². The summed E-state index contributed by atoms with van der Waals surface area (Å²) in [4.78, 5) is 2.74. The van der Waals surface area contributed by atoms with Crippen molar-refractivity contribution >= 4 is 0 Å². The standard InChI is InChI=1S/C16H32N2/c1-3-10-17-16-8-6-5-7-15(16)13-18-11-9-14(4-2)12-18/h14-17H,3-13H2,1-2H3. The lowest BCUT2D eigenvalue weighted by Gasteiger charge is -2.35. The van der Waals surface area contributed by atoms with Crippen LogP contribution in [0.1, 0.15) is 58.8 Å². The van der Waals surface area contributed by atoms with Crippen molar-refractivity contribution in [2.45, 2.75) is 64.8 Å². The van der Waals surface area contributed by atoms with Crippen molar-refractivity contribution in [3.63, 3.8) is 0 Å². The van der Waals surface area contributed by atoms with Gasteiger partial charge >= 0.3 is 0 Å². The van der Waals surface area contributed by atoms with E-state index in [9.17, 15) is 0 Å². The van der Waals surface area contributed by atoms with E-state index in [2.05, 4.69) is 24.1 Å². The van der Waals surface area contributed by atoms with Gasteiger partial charge in [-0.25, -0.2) is 0 Å². The van der Waals surface area contributed by atoms with Gasteiger partial charge in [-0.05, 0) is 50.6 Å². The van der Waals surface area contributed by atoms with Crippen molar-refractivity contribution < 1.29 is 0 Å². The summed E-state index contributed by atoms with van der Waals surface area (Å²) in [6.45, 7) is 9.91. The Morgan fingerprint density at radius 1 is 1.11 bits per heavy atom. The van der Waals surface area contributed by atoms with Crippen molar-refractivity contribution in [2.75, 3.05) is 26.2 Å². The zero-order chi connectivity index (χ0) is 12.8. The third-order valence-corrected chi connectivity index (χ3v) is 5.01. The third-order valence-electron chi connectivity index (χ3n) is 5.01. The van der Waals surface area contributed by atoms with Gasteiger partial charge in [0.15, 0.2) is 0 Å². The lowest BCUT2D eigenvalue weighted by atomic mass is 9.84. The van der Waals surface area contributed by atoms with Crippen molar-refractivity contribution in [1.82, 2.24) is 10.2 Å². The van der Waals surface area contributed by atoms with Crippen LogP contribution in [0.3, 0.4) is 0 Å². The van der Waals surface area contributed by atoms with E-state index in [1.165, 1.54) is 71.1 Å². The third kappa shape index (κ3) is 3.96. The lowest BCUT2D eigenvalue weighted by Crippen LogP contribution is -2.44. The highest BCUT2D eigenvalue weighted by Crippen LogP contribution is 2.28. The smallest absolute Gasteiger partial charge is 0.0107 e. The molecule has 2 aliphatic rings. The maximum atomic E-state index is 3.79. The predicted octanol–water partition coefficient (Wildman–Crippen LogP) is 3.28. The van der Waals surface area contributed by atoms with Gasteiger partial charge in [-0.2, -0.15) is 0 Å². The number of likely N-dealkylation sites (tertiary alicyclic amines) is 1. The molecule has 0 spiro atoms. The first-order chi connectivity index (χ1) is 8.83. The first kappa shape index (κ1) is 14.3. The largest absolute Gasteiger partial charge is 0.314 e. The van der Waals surface area contributed by atoms with E-state index in [1.807, 2.05) is 0 Å². The first-order valence-electron chi connectivity index (χ1n) is 8.29. The van der Waals surface area contributed by atoms with E-state index in [0.29, 0.717) is 0 Å². The molecule has 1 aliphatic carbocycles. The molecule has 0 aromatic rings. The summed E-state index contributed by atoms with van der Waals surface area (Å²) in [6, 6.07) is 0.805. The Bertz CT molecular complexity index is 229. The zero-order valence-corrected chi connectivity index (χ0v) is 12.5. The molecule has 0 bridgehead atoms. The van der Waals surface area contributed by atoms with Crippen LogP contribution in [0.5, 0.6) is 0 Å². The second-order valence-electron chi connectivity index (χ2n) is 6.43. The van der Waals surface area contributed by atoms with Gasteiger partial charge in [0.05, 0.1) is 0 Å². The van der Waals surface area contributed by atoms with Crippen molar-refractivity contribution in [2.24, 2.45) is 11.8 Å². The minimum absolute atomic E-state index is 0.805. The van der Waals surface area contributed by atoms with E-state index in [4.69, 9.17) is 0 Å². The normalized spacial score (nSPS) is 34.0. The first-order valence-corrected chi connectivity index (χ1v) is 8.29. The predicted molar refractivity (Wildman–Crippen MR) is 78.9 cm³/mol. The van der Waals surface area contributed by atoms with E-state index in [0.717, 1.165) is 17.9 Å². The molecule has 0 aromatic carbocycles. The molecule has 1 N–H and O–H groups in total. The number of hydrogen-bond acceptors (Lipinski definition) is 2. The van der Waals surface area contributed by atoms with Gasteiger partial charge < -0.3 is 10.2 Å². The Morgan fingerprint density at radius 3 is 2.67 bits per heavy atom. The Balaban J connectivity index is 1.78. The van der Waals surface area contributed by atoms with Gasteiger partial charge in [0.2, 0.25) is 0 Å². The van der Waals surface area contributed by atoms with Gasteiger partial charge in [0, 0.05) is 19.1 Å². The Kier molecular flexibility index (Phi) is 5.97. The van der Waals surface area contributed by atoms with E-state index < -0.39 is 0 Å². The maximum Gasteiger partial charge on any atom is 0.0107 e. The van der Waals surface area contributed by atoms with Gasteiger partial charge in [-0.3, -0.25) is 0 Å². The topological polar surface area (TPSA) is 15.3 Å². The Hall–Kier alpha value is -0.0800.